The predicted octanol–water partition coefficient (Wildman–Crippen LogP) is 5.95. The summed E-state index contributed by atoms with van der Waals surface area (Å²) in [7, 11) is 0. The summed E-state index contributed by atoms with van der Waals surface area (Å²) >= 11 is 0. The molecule has 0 aliphatic carbocycles. The molecule has 40 heavy (non-hydrogen) atoms. The van der Waals surface area contributed by atoms with E-state index in [0.29, 0.717) is 30.1 Å². The third kappa shape index (κ3) is 5.54. The Balaban J connectivity index is 1.15. The van der Waals surface area contributed by atoms with E-state index in [9.17, 15) is 13.6 Å². The molecule has 1 atom stereocenters. The van der Waals surface area contributed by atoms with Crippen molar-refractivity contribution in [3.05, 3.63) is 143 Å². The minimum Gasteiger partial charge on any atom is -0.487 e. The summed E-state index contributed by atoms with van der Waals surface area (Å²) in [6.07, 6.45) is 1.37. The Morgan fingerprint density at radius 3 is 2.15 bits per heavy atom. The lowest BCUT2D eigenvalue weighted by Crippen LogP contribution is -2.42. The van der Waals surface area contributed by atoms with Crippen molar-refractivity contribution in [2.75, 3.05) is 5.32 Å². The second kappa shape index (κ2) is 11.0. The number of fused-ring (bicyclic) bond motifs is 1. The highest BCUT2D eigenvalue weighted by molar-refractivity contribution is 6.01. The quantitative estimate of drug-likeness (QED) is 0.265. The first kappa shape index (κ1) is 25.2. The average molecular weight is 538 g/mol. The maximum absolute atomic E-state index is 13.5. The van der Waals surface area contributed by atoms with Gasteiger partial charge in [0.2, 0.25) is 0 Å². The fourth-order valence-electron chi connectivity index (χ4n) is 4.67. The van der Waals surface area contributed by atoms with E-state index in [1.54, 1.807) is 46.1 Å². The SMILES string of the molecule is O=C1c2ccccc2NC(c2ccc(OCc3cn(Cc4ccc(F)cc4)nn3)cc2)N1Cc1ccc(F)cc1. The van der Waals surface area contributed by atoms with Crippen molar-refractivity contribution in [2.45, 2.75) is 25.9 Å². The summed E-state index contributed by atoms with van der Waals surface area (Å²) in [4.78, 5) is 15.2. The molecule has 7 nitrogen and oxygen atoms in total. The number of amides is 1. The lowest BCUT2D eigenvalue weighted by Gasteiger charge is -2.38. The van der Waals surface area contributed by atoms with E-state index in [1.807, 2.05) is 42.5 Å². The predicted molar refractivity (Wildman–Crippen MR) is 145 cm³/mol. The van der Waals surface area contributed by atoms with E-state index in [2.05, 4.69) is 15.6 Å². The van der Waals surface area contributed by atoms with Gasteiger partial charge in [-0.05, 0) is 65.2 Å². The van der Waals surface area contributed by atoms with Crippen molar-refractivity contribution in [3.63, 3.8) is 0 Å². The van der Waals surface area contributed by atoms with Gasteiger partial charge in [0.1, 0.15) is 35.9 Å². The standard InChI is InChI=1S/C31H25F2N5O2/c32-24-11-5-21(6-12-24)17-37-19-26(35-36-37)20-40-27-15-9-23(10-16-27)30-34-29-4-2-1-3-28(29)31(39)38(30)18-22-7-13-25(33)14-8-22/h1-16,19,30,34H,17-18,20H2. The molecule has 0 bridgehead atoms. The maximum Gasteiger partial charge on any atom is 0.258 e. The first-order valence-electron chi connectivity index (χ1n) is 12.8. The second-order valence-electron chi connectivity index (χ2n) is 9.54. The topological polar surface area (TPSA) is 72.3 Å². The molecule has 4 aromatic carbocycles. The van der Waals surface area contributed by atoms with Gasteiger partial charge in [-0.2, -0.15) is 0 Å². The number of carbonyl (C=O) groups is 1. The molecule has 0 saturated heterocycles. The molecule has 0 fully saturated rings. The fraction of sp³-hybridized carbons (Fsp3) is 0.129. The first-order valence-corrected chi connectivity index (χ1v) is 12.8. The highest BCUT2D eigenvalue weighted by Gasteiger charge is 2.32. The van der Waals surface area contributed by atoms with Crippen LogP contribution < -0.4 is 10.1 Å². The zero-order chi connectivity index (χ0) is 27.5. The number of aromatic nitrogens is 3. The van der Waals surface area contributed by atoms with Crippen LogP contribution in [0.3, 0.4) is 0 Å². The molecule has 1 aliphatic rings. The highest BCUT2D eigenvalue weighted by Crippen LogP contribution is 2.34. The summed E-state index contributed by atoms with van der Waals surface area (Å²) in [6, 6.07) is 27.4. The Labute approximate surface area is 229 Å². The van der Waals surface area contributed by atoms with E-state index >= 15 is 0 Å². The van der Waals surface area contributed by atoms with Gasteiger partial charge >= 0.3 is 0 Å². The number of rotatable bonds is 8. The summed E-state index contributed by atoms with van der Waals surface area (Å²) in [5.74, 6) is -0.0596. The van der Waals surface area contributed by atoms with Gasteiger partial charge in [-0.25, -0.2) is 13.5 Å². The van der Waals surface area contributed by atoms with Gasteiger partial charge in [0.05, 0.1) is 18.3 Å². The Bertz CT molecular complexity index is 1620. The zero-order valence-electron chi connectivity index (χ0n) is 21.4. The van der Waals surface area contributed by atoms with Crippen LogP contribution in [-0.2, 0) is 19.7 Å². The molecule has 1 unspecified atom stereocenters. The second-order valence-corrected chi connectivity index (χ2v) is 9.54. The Hall–Kier alpha value is -5.05. The smallest absolute Gasteiger partial charge is 0.258 e. The van der Waals surface area contributed by atoms with Gasteiger partial charge < -0.3 is 15.0 Å². The van der Waals surface area contributed by atoms with Crippen LogP contribution >= 0.6 is 0 Å². The van der Waals surface area contributed by atoms with Crippen LogP contribution in [0.15, 0.2) is 103 Å². The molecule has 5 aromatic rings. The molecule has 2 heterocycles. The van der Waals surface area contributed by atoms with Crippen LogP contribution in [0.2, 0.25) is 0 Å². The Kier molecular flexibility index (Phi) is 6.93. The van der Waals surface area contributed by atoms with Crippen LogP contribution in [-0.4, -0.2) is 25.8 Å². The van der Waals surface area contributed by atoms with Crippen LogP contribution in [0.4, 0.5) is 14.5 Å². The number of halogens is 2. The van der Waals surface area contributed by atoms with E-state index in [0.717, 1.165) is 22.4 Å². The van der Waals surface area contributed by atoms with Crippen LogP contribution in [0.1, 0.15) is 38.9 Å². The van der Waals surface area contributed by atoms with Gasteiger partial charge in [0, 0.05) is 12.2 Å². The lowest BCUT2D eigenvalue weighted by molar-refractivity contribution is 0.0666. The molecule has 1 amide bonds. The van der Waals surface area contributed by atoms with E-state index in [1.165, 1.54) is 24.3 Å². The van der Waals surface area contributed by atoms with Crippen molar-refractivity contribution < 1.29 is 18.3 Å². The number of carbonyl (C=O) groups excluding carboxylic acids is 1. The van der Waals surface area contributed by atoms with Crippen molar-refractivity contribution in [1.82, 2.24) is 19.9 Å². The van der Waals surface area contributed by atoms with Crippen molar-refractivity contribution in [2.24, 2.45) is 0 Å². The monoisotopic (exact) mass is 537 g/mol. The molecule has 9 heteroatoms. The number of hydrogen-bond donors (Lipinski definition) is 1. The third-order valence-electron chi connectivity index (χ3n) is 6.71. The van der Waals surface area contributed by atoms with E-state index in [-0.39, 0.29) is 24.1 Å². The van der Waals surface area contributed by atoms with Gasteiger partial charge in [0.15, 0.2) is 0 Å². The normalized spacial score (nSPS) is 14.5. The van der Waals surface area contributed by atoms with E-state index in [4.69, 9.17) is 4.74 Å². The summed E-state index contributed by atoms with van der Waals surface area (Å²) in [5.41, 5.74) is 4.63. The summed E-state index contributed by atoms with van der Waals surface area (Å²) in [5, 5.41) is 11.8. The van der Waals surface area contributed by atoms with Gasteiger partial charge in [-0.15, -0.1) is 5.10 Å². The minimum absolute atomic E-state index is 0.104. The molecular formula is C31H25F2N5O2. The number of nitrogens with one attached hydrogen (secondary N) is 1. The third-order valence-corrected chi connectivity index (χ3v) is 6.71. The molecule has 0 saturated carbocycles. The number of ether oxygens (including phenoxy) is 1. The molecule has 1 aromatic heterocycles. The number of para-hydroxylation sites is 1. The number of benzene rings is 4. The van der Waals surface area contributed by atoms with Gasteiger partial charge in [-0.3, -0.25) is 4.79 Å². The minimum atomic E-state index is -0.423. The number of hydrogen-bond acceptors (Lipinski definition) is 5. The maximum atomic E-state index is 13.5. The number of nitrogens with zero attached hydrogens (tertiary/aromatic N) is 4. The van der Waals surface area contributed by atoms with Crippen molar-refractivity contribution in [1.29, 1.82) is 0 Å². The van der Waals surface area contributed by atoms with Crippen molar-refractivity contribution in [3.8, 4) is 5.75 Å². The van der Waals surface area contributed by atoms with E-state index < -0.39 is 6.17 Å². The average Bonchev–Trinajstić information content (AvgIpc) is 3.43. The van der Waals surface area contributed by atoms with Crippen LogP contribution in [0, 0.1) is 11.6 Å². The van der Waals surface area contributed by atoms with Crippen LogP contribution in [0.25, 0.3) is 0 Å². The highest BCUT2D eigenvalue weighted by atomic mass is 19.1. The summed E-state index contributed by atoms with van der Waals surface area (Å²) < 4.78 is 34.2. The van der Waals surface area contributed by atoms with Gasteiger partial charge in [0.25, 0.3) is 5.91 Å². The molecule has 0 spiro atoms. The largest absolute Gasteiger partial charge is 0.487 e. The molecule has 0 radical (unpaired) electrons. The van der Waals surface area contributed by atoms with Crippen LogP contribution in [0.5, 0.6) is 5.75 Å². The van der Waals surface area contributed by atoms with Gasteiger partial charge in [-0.1, -0.05) is 53.7 Å². The zero-order valence-corrected chi connectivity index (χ0v) is 21.4. The Morgan fingerprint density at radius 1 is 0.800 bits per heavy atom. The lowest BCUT2D eigenvalue weighted by atomic mass is 10.0. The first-order chi connectivity index (χ1) is 19.5. The molecule has 6 rings (SSSR count). The summed E-state index contributed by atoms with van der Waals surface area (Å²) in [6.45, 7) is 1.02. The fourth-order valence-corrected chi connectivity index (χ4v) is 4.67. The molecule has 1 aliphatic heterocycles. The number of anilines is 1. The molecule has 1 N–H and O–H groups in total. The van der Waals surface area contributed by atoms with Crippen molar-refractivity contribution >= 4 is 11.6 Å². The molecule has 200 valence electrons. The Morgan fingerprint density at radius 2 is 1.45 bits per heavy atom. The molecular weight excluding hydrogens is 512 g/mol.